The van der Waals surface area contributed by atoms with Crippen LogP contribution in [-0.2, 0) is 21.4 Å². The molecule has 0 atom stereocenters. The number of hydrogen-bond acceptors (Lipinski definition) is 0. The third-order valence-electron chi connectivity index (χ3n) is 1.44. The molecule has 0 aliphatic rings. The Kier molecular flexibility index (Phi) is 17.2. The third kappa shape index (κ3) is 18.1. The van der Waals surface area contributed by atoms with E-state index in [1.54, 1.807) is 6.07 Å². The van der Waals surface area contributed by atoms with Crippen molar-refractivity contribution in [2.24, 2.45) is 0 Å². The summed E-state index contributed by atoms with van der Waals surface area (Å²) in [6, 6.07) is 12.0. The maximum atomic E-state index is 11.4. The fourth-order valence-corrected chi connectivity index (χ4v) is 0.483. The summed E-state index contributed by atoms with van der Waals surface area (Å²) in [6.45, 7) is 4.50. The second-order valence-electron chi connectivity index (χ2n) is 3.45. The number of hydrogen-bond donors (Lipinski definition) is 0. The van der Waals surface area contributed by atoms with Crippen LogP contribution in [0.3, 0.4) is 0 Å². The van der Waals surface area contributed by atoms with Crippen molar-refractivity contribution in [3.8, 4) is 0 Å². The maximum absolute atomic E-state index is 11.4. The molecule has 0 aliphatic heterocycles. The van der Waals surface area contributed by atoms with Crippen LogP contribution in [0.15, 0.2) is 11.9 Å². The molecular formula is C13HCoF14O-7. The van der Waals surface area contributed by atoms with Gasteiger partial charge >= 0.3 is 23.7 Å². The van der Waals surface area contributed by atoms with Crippen LogP contribution in [0.4, 0.5) is 61.5 Å². The van der Waals surface area contributed by atoms with Crippen LogP contribution in [0.5, 0.6) is 0 Å². The van der Waals surface area contributed by atoms with Crippen LogP contribution >= 0.6 is 0 Å². The summed E-state index contributed by atoms with van der Waals surface area (Å²) in [4.78, 5) is 0. The molecule has 1 aromatic carbocycles. The van der Waals surface area contributed by atoms with Gasteiger partial charge in [-0.05, 0) is 0 Å². The fourth-order valence-electron chi connectivity index (χ4n) is 0.483. The second kappa shape index (κ2) is 14.4. The van der Waals surface area contributed by atoms with Crippen molar-refractivity contribution in [1.29, 1.82) is 0 Å². The first-order chi connectivity index (χ1) is 12.3. The van der Waals surface area contributed by atoms with E-state index in [4.69, 9.17) is 4.65 Å². The topological polar surface area (TPSA) is 19.9 Å². The summed E-state index contributed by atoms with van der Waals surface area (Å²) in [5.74, 6) is -9.25. The van der Waals surface area contributed by atoms with E-state index in [0.29, 0.717) is 0 Å². The summed E-state index contributed by atoms with van der Waals surface area (Å²) < 4.78 is 161. The smallest absolute Gasteiger partial charge is 0 e. The molecule has 0 aliphatic carbocycles. The quantitative estimate of drug-likeness (QED) is 0.260. The van der Waals surface area contributed by atoms with Crippen molar-refractivity contribution in [2.45, 2.75) is 24.5 Å². The fraction of sp³-hybridized carbons (Fsp3) is 0.308. The molecule has 173 valence electrons. The first kappa shape index (κ1) is 34.8. The monoisotopic (exact) mass is 498 g/mol. The molecular weight excluding hydrogens is 497 g/mol. The minimum atomic E-state index is -6.20. The van der Waals surface area contributed by atoms with Crippen molar-refractivity contribution >= 4 is 0 Å². The molecule has 0 heterocycles. The van der Waals surface area contributed by atoms with Gasteiger partial charge in [0.05, 0.1) is 6.43 Å². The molecule has 1 aromatic rings. The molecule has 0 fully saturated rings. The molecule has 0 amide bonds. The zero-order chi connectivity index (χ0) is 23.4. The molecule has 1 radical (unpaired) electrons. The van der Waals surface area contributed by atoms with E-state index in [9.17, 15) is 61.5 Å². The average molecular weight is 498 g/mol. The normalized spacial score (nSPS) is 12.2. The van der Waals surface area contributed by atoms with Gasteiger partial charge in [-0.25, -0.2) is 26.3 Å². The third-order valence-corrected chi connectivity index (χ3v) is 1.44. The minimum Gasteiger partial charge on any atom is -0.999 e. The second-order valence-corrected chi connectivity index (χ2v) is 3.45. The first-order valence-electron chi connectivity index (χ1n) is 5.43. The zero-order valence-electron chi connectivity index (χ0n) is 12.6. The van der Waals surface area contributed by atoms with E-state index in [0.717, 1.165) is 0 Å². The van der Waals surface area contributed by atoms with Crippen molar-refractivity contribution in [1.82, 2.24) is 0 Å². The predicted octanol–water partition coefficient (Wildman–Crippen LogP) is 5.95. The molecule has 16 heteroatoms. The Labute approximate surface area is 163 Å². The van der Waals surface area contributed by atoms with Gasteiger partial charge in [0.15, 0.2) is 0 Å². The van der Waals surface area contributed by atoms with E-state index in [-0.39, 0.29) is 22.9 Å². The molecule has 1 rings (SSSR count). The zero-order valence-corrected chi connectivity index (χ0v) is 13.7. The van der Waals surface area contributed by atoms with Crippen molar-refractivity contribution < 1.29 is 82.9 Å². The number of alkyl halides is 11. The van der Waals surface area contributed by atoms with Crippen LogP contribution in [0.25, 0.3) is 0 Å². The van der Waals surface area contributed by atoms with Gasteiger partial charge in [0.2, 0.25) is 0 Å². The van der Waals surface area contributed by atoms with Crippen molar-refractivity contribution in [3.05, 3.63) is 55.3 Å². The van der Waals surface area contributed by atoms with E-state index in [1.165, 1.54) is 0 Å². The van der Waals surface area contributed by atoms with E-state index < -0.39 is 36.7 Å². The SMILES string of the molecule is FC(=[C-]C(F)(F)F)C(F)(F)F.F[C-](F)C(F)(F)C(F)(F)F.[C-]#[O+].[Co].[c-]1[c-][c-][cH-][c-]1. The van der Waals surface area contributed by atoms with Crippen LogP contribution in [0, 0.1) is 43.4 Å². The maximum Gasteiger partial charge on any atom is 0 e. The molecule has 1 nitrogen and oxygen atoms in total. The summed E-state index contributed by atoms with van der Waals surface area (Å²) in [7, 11) is 0. The Morgan fingerprint density at radius 1 is 0.828 bits per heavy atom. The Hall–Kier alpha value is -1.64. The van der Waals surface area contributed by atoms with Crippen LogP contribution in [0.1, 0.15) is 0 Å². The van der Waals surface area contributed by atoms with Gasteiger partial charge in [-0.3, -0.25) is 0 Å². The summed E-state index contributed by atoms with van der Waals surface area (Å²) in [5.41, 5.74) is 0. The Balaban J connectivity index is -0.000000159. The van der Waals surface area contributed by atoms with E-state index in [1.807, 2.05) is 0 Å². The van der Waals surface area contributed by atoms with Crippen LogP contribution < -0.4 is 0 Å². The number of rotatable bonds is 1. The predicted molar refractivity (Wildman–Crippen MR) is 57.7 cm³/mol. The summed E-state index contributed by atoms with van der Waals surface area (Å²) in [5, 5.41) is 0. The minimum absolute atomic E-state index is 0. The summed E-state index contributed by atoms with van der Waals surface area (Å²) >= 11 is 0. The molecule has 29 heavy (non-hydrogen) atoms. The van der Waals surface area contributed by atoms with E-state index >= 15 is 0 Å². The van der Waals surface area contributed by atoms with Crippen molar-refractivity contribution in [2.75, 3.05) is 0 Å². The van der Waals surface area contributed by atoms with Gasteiger partial charge in [-0.2, -0.15) is 26.3 Å². The first-order valence-corrected chi connectivity index (χ1v) is 5.43. The number of halogens is 14. The average Bonchev–Trinajstić information content (AvgIpc) is 3.05. The van der Waals surface area contributed by atoms with E-state index in [2.05, 4.69) is 30.9 Å². The Morgan fingerprint density at radius 3 is 1.24 bits per heavy atom. The van der Waals surface area contributed by atoms with Gasteiger partial charge in [0.1, 0.15) is 0 Å². The molecule has 0 saturated carbocycles. The van der Waals surface area contributed by atoms with Crippen LogP contribution in [0.2, 0.25) is 0 Å². The molecule has 0 unspecified atom stereocenters. The van der Waals surface area contributed by atoms with Gasteiger partial charge in [-0.15, -0.1) is 0 Å². The van der Waals surface area contributed by atoms with Gasteiger partial charge in [0, 0.05) is 22.6 Å². The Bertz CT molecular complexity index is 534. The van der Waals surface area contributed by atoms with Gasteiger partial charge in [-0.1, -0.05) is 0 Å². The molecule has 0 aromatic heterocycles. The summed E-state index contributed by atoms with van der Waals surface area (Å²) in [6.07, 6.45) is -21.5. The largest absolute Gasteiger partial charge is 0.999 e. The van der Waals surface area contributed by atoms with Gasteiger partial charge in [0.25, 0.3) is 12.1 Å². The Morgan fingerprint density at radius 2 is 1.17 bits per heavy atom. The molecule has 0 N–H and O–H groups in total. The van der Waals surface area contributed by atoms with Crippen molar-refractivity contribution in [3.63, 3.8) is 0 Å². The van der Waals surface area contributed by atoms with Gasteiger partial charge < -0.3 is 45.2 Å². The molecule has 0 bridgehead atoms. The number of allylic oxidation sites excluding steroid dienone is 2. The standard InChI is InChI=1S/C5H.C4F7.C3F7.CO.Co/c1-2-4-5-3-1;5-2(4(9,10)11)1-3(6,7)8;4-1(5)2(6,7)3(8,9)10;1-2;/h1H;;;;/q-5;2*-1;;. The molecule has 0 saturated heterocycles. The van der Waals surface area contributed by atoms with Crippen LogP contribution in [-0.4, -0.2) is 24.5 Å². The molecule has 0 spiro atoms.